The molecule has 1 atom stereocenters. The molecule has 6 heteroatoms. The SMILES string of the molecule is CC(C)(C)N=NC(C)(CCC(=O)O)OOC(C)(C)C. The van der Waals surface area contributed by atoms with Gasteiger partial charge in [0.15, 0.2) is 0 Å². The van der Waals surface area contributed by atoms with Crippen LogP contribution in [0.3, 0.4) is 0 Å². The molecule has 1 unspecified atom stereocenters. The number of nitrogens with zero attached hydrogens (tertiary/aromatic N) is 2. The molecule has 0 aromatic heterocycles. The first kappa shape index (κ1) is 18.0. The predicted octanol–water partition coefficient (Wildman–Crippen LogP) is 3.56. The summed E-state index contributed by atoms with van der Waals surface area (Å²) in [6, 6.07) is 0. The van der Waals surface area contributed by atoms with Crippen molar-refractivity contribution in [2.45, 2.75) is 78.2 Å². The van der Waals surface area contributed by atoms with Crippen molar-refractivity contribution in [1.82, 2.24) is 0 Å². The molecule has 0 aromatic carbocycles. The lowest BCUT2D eigenvalue weighted by atomic mass is 10.1. The summed E-state index contributed by atoms with van der Waals surface area (Å²) < 4.78 is 0. The summed E-state index contributed by atoms with van der Waals surface area (Å²) >= 11 is 0. The van der Waals surface area contributed by atoms with Crippen molar-refractivity contribution in [1.29, 1.82) is 0 Å². The Morgan fingerprint density at radius 3 is 1.89 bits per heavy atom. The molecule has 0 aromatic rings. The zero-order chi connectivity index (χ0) is 15.3. The predicted molar refractivity (Wildman–Crippen MR) is 71.8 cm³/mol. The van der Waals surface area contributed by atoms with E-state index >= 15 is 0 Å². The van der Waals surface area contributed by atoms with E-state index in [1.807, 2.05) is 41.5 Å². The second kappa shape index (κ2) is 6.43. The van der Waals surface area contributed by atoms with Gasteiger partial charge in [0.25, 0.3) is 0 Å². The minimum absolute atomic E-state index is 0.0623. The number of hydrogen-bond acceptors (Lipinski definition) is 5. The second-order valence-corrected chi connectivity index (χ2v) is 6.72. The Morgan fingerprint density at radius 2 is 1.53 bits per heavy atom. The van der Waals surface area contributed by atoms with E-state index in [0.29, 0.717) is 0 Å². The van der Waals surface area contributed by atoms with E-state index in [0.717, 1.165) is 0 Å². The van der Waals surface area contributed by atoms with E-state index in [-0.39, 0.29) is 18.4 Å². The maximum atomic E-state index is 10.7. The van der Waals surface area contributed by atoms with Crippen LogP contribution >= 0.6 is 0 Å². The van der Waals surface area contributed by atoms with Gasteiger partial charge in [0.1, 0.15) is 0 Å². The molecule has 0 heterocycles. The maximum absolute atomic E-state index is 10.7. The van der Waals surface area contributed by atoms with E-state index < -0.39 is 17.3 Å². The normalized spacial score (nSPS) is 16.6. The lowest BCUT2D eigenvalue weighted by Gasteiger charge is -2.28. The Bertz CT molecular complexity index is 329. The molecule has 6 nitrogen and oxygen atoms in total. The van der Waals surface area contributed by atoms with Crippen LogP contribution in [-0.4, -0.2) is 27.9 Å². The third-order valence-electron chi connectivity index (χ3n) is 1.84. The summed E-state index contributed by atoms with van der Waals surface area (Å²) in [7, 11) is 0. The highest BCUT2D eigenvalue weighted by molar-refractivity contribution is 5.66. The molecule has 1 N–H and O–H groups in total. The number of carboxylic acids is 1. The van der Waals surface area contributed by atoms with Crippen molar-refractivity contribution >= 4 is 5.97 Å². The molecule has 0 amide bonds. The van der Waals surface area contributed by atoms with Crippen LogP contribution in [0.1, 0.15) is 61.3 Å². The average Bonchev–Trinajstić information content (AvgIpc) is 2.19. The number of aliphatic carboxylic acids is 1. The minimum Gasteiger partial charge on any atom is -0.481 e. The molecular formula is C13H26N2O4. The number of carbonyl (C=O) groups is 1. The van der Waals surface area contributed by atoms with Crippen molar-refractivity contribution in [3.05, 3.63) is 0 Å². The van der Waals surface area contributed by atoms with Gasteiger partial charge in [0.05, 0.1) is 17.6 Å². The molecule has 112 valence electrons. The fourth-order valence-corrected chi connectivity index (χ4v) is 0.918. The van der Waals surface area contributed by atoms with Crippen LogP contribution in [0.4, 0.5) is 0 Å². The highest BCUT2D eigenvalue weighted by atomic mass is 17.2. The Morgan fingerprint density at radius 1 is 1.00 bits per heavy atom. The van der Waals surface area contributed by atoms with Crippen LogP contribution in [0.5, 0.6) is 0 Å². The van der Waals surface area contributed by atoms with Crippen LogP contribution in [0.15, 0.2) is 10.2 Å². The lowest BCUT2D eigenvalue weighted by molar-refractivity contribution is -0.401. The second-order valence-electron chi connectivity index (χ2n) is 6.72. The Hall–Kier alpha value is -1.01. The van der Waals surface area contributed by atoms with Crippen molar-refractivity contribution in [3.8, 4) is 0 Å². The minimum atomic E-state index is -1.10. The maximum Gasteiger partial charge on any atom is 0.303 e. The van der Waals surface area contributed by atoms with Crippen molar-refractivity contribution in [2.75, 3.05) is 0 Å². The van der Waals surface area contributed by atoms with E-state index in [1.165, 1.54) is 0 Å². The molecule has 0 spiro atoms. The van der Waals surface area contributed by atoms with Crippen LogP contribution in [0.2, 0.25) is 0 Å². The van der Waals surface area contributed by atoms with Gasteiger partial charge in [-0.15, -0.1) is 0 Å². The third kappa shape index (κ3) is 10.6. The van der Waals surface area contributed by atoms with Gasteiger partial charge >= 0.3 is 5.97 Å². The first-order valence-electron chi connectivity index (χ1n) is 6.36. The quantitative estimate of drug-likeness (QED) is 0.456. The van der Waals surface area contributed by atoms with E-state index in [9.17, 15) is 4.79 Å². The molecule has 0 fully saturated rings. The van der Waals surface area contributed by atoms with Gasteiger partial charge < -0.3 is 5.11 Å². The summed E-state index contributed by atoms with van der Waals surface area (Å²) in [5.41, 5.74) is -1.95. The fourth-order valence-electron chi connectivity index (χ4n) is 0.918. The van der Waals surface area contributed by atoms with Gasteiger partial charge in [0, 0.05) is 6.42 Å². The van der Waals surface area contributed by atoms with Gasteiger partial charge in [-0.3, -0.25) is 4.79 Å². The largest absolute Gasteiger partial charge is 0.481 e. The molecule has 19 heavy (non-hydrogen) atoms. The number of carboxylic acid groups (broad SMARTS) is 1. The van der Waals surface area contributed by atoms with Crippen molar-refractivity contribution in [2.24, 2.45) is 10.2 Å². The van der Waals surface area contributed by atoms with Gasteiger partial charge in [-0.2, -0.15) is 10.2 Å². The van der Waals surface area contributed by atoms with Gasteiger partial charge in [0.2, 0.25) is 5.72 Å². The highest BCUT2D eigenvalue weighted by Crippen LogP contribution is 2.25. The Balaban J connectivity index is 4.81. The summed E-state index contributed by atoms with van der Waals surface area (Å²) in [5, 5.41) is 17.0. The third-order valence-corrected chi connectivity index (χ3v) is 1.84. The van der Waals surface area contributed by atoms with Gasteiger partial charge in [-0.25, -0.2) is 9.78 Å². The lowest BCUT2D eigenvalue weighted by Crippen LogP contribution is -2.32. The monoisotopic (exact) mass is 274 g/mol. The van der Waals surface area contributed by atoms with E-state index in [1.54, 1.807) is 6.92 Å². The zero-order valence-electron chi connectivity index (χ0n) is 13.0. The zero-order valence-corrected chi connectivity index (χ0v) is 13.0. The highest BCUT2D eigenvalue weighted by Gasteiger charge is 2.30. The molecule has 0 aliphatic heterocycles. The summed E-state index contributed by atoms with van der Waals surface area (Å²) in [6.45, 7) is 12.9. The molecule has 0 bridgehead atoms. The molecule has 0 aliphatic carbocycles. The Labute approximate surface area is 115 Å². The van der Waals surface area contributed by atoms with E-state index in [2.05, 4.69) is 10.2 Å². The van der Waals surface area contributed by atoms with Gasteiger partial charge in [-0.1, -0.05) is 0 Å². The average molecular weight is 274 g/mol. The first-order chi connectivity index (χ1) is 8.33. The molecular weight excluding hydrogens is 248 g/mol. The summed E-state index contributed by atoms with van der Waals surface area (Å²) in [6.07, 6.45) is 0.130. The molecule has 0 saturated heterocycles. The molecule has 0 rings (SSSR count). The van der Waals surface area contributed by atoms with Crippen LogP contribution in [-0.2, 0) is 14.6 Å². The Kier molecular flexibility index (Phi) is 6.09. The van der Waals surface area contributed by atoms with Crippen molar-refractivity contribution in [3.63, 3.8) is 0 Å². The first-order valence-corrected chi connectivity index (χ1v) is 6.36. The summed E-state index contributed by atoms with van der Waals surface area (Å²) in [4.78, 5) is 21.2. The van der Waals surface area contributed by atoms with Crippen LogP contribution in [0, 0.1) is 0 Å². The van der Waals surface area contributed by atoms with Crippen LogP contribution in [0.25, 0.3) is 0 Å². The summed E-state index contributed by atoms with van der Waals surface area (Å²) in [5.74, 6) is -0.906. The number of rotatable bonds is 6. The molecule has 0 saturated carbocycles. The van der Waals surface area contributed by atoms with E-state index in [4.69, 9.17) is 14.9 Å². The fraction of sp³-hybridized carbons (Fsp3) is 0.923. The standard InChI is InChI=1S/C13H26N2O4/c1-11(2,3)14-15-13(7,9-8-10(16)17)19-18-12(4,5)6/h8-9H2,1-7H3,(H,16,17). The van der Waals surface area contributed by atoms with Crippen LogP contribution < -0.4 is 0 Å². The number of azo groups is 1. The van der Waals surface area contributed by atoms with Gasteiger partial charge in [-0.05, 0) is 48.5 Å². The smallest absolute Gasteiger partial charge is 0.303 e. The number of hydrogen-bond donors (Lipinski definition) is 1. The topological polar surface area (TPSA) is 80.5 Å². The van der Waals surface area contributed by atoms with Crippen molar-refractivity contribution < 1.29 is 19.7 Å². The molecule has 0 aliphatic rings. The molecule has 0 radical (unpaired) electrons.